The molecule has 0 spiro atoms. The molecule has 4 N–H and O–H groups in total. The molecule has 2 atom stereocenters. The first-order valence-electron chi connectivity index (χ1n) is 6.97. The molecule has 2 unspecified atom stereocenters. The highest BCUT2D eigenvalue weighted by Crippen LogP contribution is 2.25. The van der Waals surface area contributed by atoms with Gasteiger partial charge in [-0.25, -0.2) is 13.1 Å². The molecule has 0 heterocycles. The van der Waals surface area contributed by atoms with Gasteiger partial charge in [-0.05, 0) is 31.0 Å². The van der Waals surface area contributed by atoms with Crippen LogP contribution in [0.3, 0.4) is 0 Å². The van der Waals surface area contributed by atoms with Crippen LogP contribution >= 0.6 is 0 Å². The molecule has 0 amide bonds. The van der Waals surface area contributed by atoms with Crippen molar-refractivity contribution in [1.29, 1.82) is 0 Å². The van der Waals surface area contributed by atoms with Gasteiger partial charge < -0.3 is 11.1 Å². The summed E-state index contributed by atoms with van der Waals surface area (Å²) in [7, 11) is -3.46. The van der Waals surface area contributed by atoms with Gasteiger partial charge in [0.05, 0.1) is 16.3 Å². The van der Waals surface area contributed by atoms with Crippen molar-refractivity contribution in [2.45, 2.75) is 45.1 Å². The molecular weight excluding hydrogens is 274 g/mol. The van der Waals surface area contributed by atoms with E-state index in [1.165, 1.54) is 6.07 Å². The molecule has 0 aliphatic heterocycles. The molecule has 0 saturated heterocycles. The minimum absolute atomic E-state index is 0.222. The summed E-state index contributed by atoms with van der Waals surface area (Å²) in [5.41, 5.74) is 7.13. The second-order valence-corrected chi connectivity index (χ2v) is 6.84. The van der Waals surface area contributed by atoms with Crippen molar-refractivity contribution < 1.29 is 8.42 Å². The van der Waals surface area contributed by atoms with Gasteiger partial charge in [0.1, 0.15) is 0 Å². The SMILES string of the molecule is CCNS(=O)(=O)c1ccc(N)c(NC(C)C(C)CC)c1. The Morgan fingerprint density at radius 2 is 1.90 bits per heavy atom. The van der Waals surface area contributed by atoms with E-state index in [4.69, 9.17) is 5.73 Å². The van der Waals surface area contributed by atoms with E-state index in [1.807, 2.05) is 0 Å². The minimum atomic E-state index is -3.46. The smallest absolute Gasteiger partial charge is 0.240 e. The number of benzene rings is 1. The molecule has 0 aliphatic carbocycles. The number of nitrogens with one attached hydrogen (secondary N) is 2. The lowest BCUT2D eigenvalue weighted by atomic mass is 10.0. The summed E-state index contributed by atoms with van der Waals surface area (Å²) >= 11 is 0. The average Bonchev–Trinajstić information content (AvgIpc) is 2.39. The Labute approximate surface area is 122 Å². The molecule has 0 saturated carbocycles. The molecule has 1 aromatic carbocycles. The maximum atomic E-state index is 12.0. The van der Waals surface area contributed by atoms with Crippen LogP contribution in [0.4, 0.5) is 11.4 Å². The first-order valence-corrected chi connectivity index (χ1v) is 8.45. The van der Waals surface area contributed by atoms with Crippen LogP contribution < -0.4 is 15.8 Å². The van der Waals surface area contributed by atoms with E-state index in [-0.39, 0.29) is 10.9 Å². The number of rotatable bonds is 7. The van der Waals surface area contributed by atoms with Crippen molar-refractivity contribution in [1.82, 2.24) is 4.72 Å². The molecule has 0 radical (unpaired) electrons. The number of sulfonamides is 1. The maximum Gasteiger partial charge on any atom is 0.240 e. The second-order valence-electron chi connectivity index (χ2n) is 5.07. The number of nitrogens with two attached hydrogens (primary N) is 1. The van der Waals surface area contributed by atoms with Crippen LogP contribution in [-0.4, -0.2) is 21.0 Å². The molecule has 114 valence electrons. The van der Waals surface area contributed by atoms with Gasteiger partial charge in [-0.2, -0.15) is 0 Å². The molecule has 1 aromatic rings. The Hall–Kier alpha value is -1.27. The van der Waals surface area contributed by atoms with Gasteiger partial charge >= 0.3 is 0 Å². The summed E-state index contributed by atoms with van der Waals surface area (Å²) in [6, 6.07) is 4.95. The molecule has 0 aromatic heterocycles. The molecule has 5 nitrogen and oxygen atoms in total. The zero-order chi connectivity index (χ0) is 15.3. The topological polar surface area (TPSA) is 84.2 Å². The fourth-order valence-corrected chi connectivity index (χ4v) is 2.91. The van der Waals surface area contributed by atoms with Gasteiger partial charge in [-0.3, -0.25) is 0 Å². The zero-order valence-electron chi connectivity index (χ0n) is 12.6. The molecule has 6 heteroatoms. The first-order chi connectivity index (χ1) is 9.31. The third-order valence-corrected chi connectivity index (χ3v) is 5.09. The van der Waals surface area contributed by atoms with Crippen molar-refractivity contribution >= 4 is 21.4 Å². The molecular formula is C14H25N3O2S. The van der Waals surface area contributed by atoms with Crippen LogP contribution in [0.2, 0.25) is 0 Å². The van der Waals surface area contributed by atoms with Crippen LogP contribution in [0.5, 0.6) is 0 Å². The highest BCUT2D eigenvalue weighted by atomic mass is 32.2. The van der Waals surface area contributed by atoms with Crippen LogP contribution in [0.25, 0.3) is 0 Å². The summed E-state index contributed by atoms with van der Waals surface area (Å²) < 4.78 is 26.5. The Balaban J connectivity index is 3.04. The fraction of sp³-hybridized carbons (Fsp3) is 0.571. The van der Waals surface area contributed by atoms with E-state index in [0.717, 1.165) is 6.42 Å². The first kappa shape index (κ1) is 16.8. The van der Waals surface area contributed by atoms with Crippen LogP contribution in [0, 0.1) is 5.92 Å². The third kappa shape index (κ3) is 4.11. The monoisotopic (exact) mass is 299 g/mol. The van der Waals surface area contributed by atoms with Crippen molar-refractivity contribution in [3.8, 4) is 0 Å². The summed E-state index contributed by atoms with van der Waals surface area (Å²) in [6.45, 7) is 8.45. The Morgan fingerprint density at radius 3 is 2.45 bits per heavy atom. The lowest BCUT2D eigenvalue weighted by molar-refractivity contribution is 0.495. The number of anilines is 2. The van der Waals surface area contributed by atoms with E-state index in [0.29, 0.717) is 23.8 Å². The maximum absolute atomic E-state index is 12.0. The predicted molar refractivity (Wildman–Crippen MR) is 84.3 cm³/mol. The second kappa shape index (κ2) is 6.95. The van der Waals surface area contributed by atoms with Gasteiger partial charge in [0.25, 0.3) is 0 Å². The largest absolute Gasteiger partial charge is 0.397 e. The van der Waals surface area contributed by atoms with E-state index in [9.17, 15) is 8.42 Å². The Kier molecular flexibility index (Phi) is 5.83. The Bertz CT molecular complexity index is 543. The van der Waals surface area contributed by atoms with Crippen LogP contribution in [0.15, 0.2) is 23.1 Å². The zero-order valence-corrected chi connectivity index (χ0v) is 13.4. The van der Waals surface area contributed by atoms with Crippen molar-refractivity contribution in [3.63, 3.8) is 0 Å². The lowest BCUT2D eigenvalue weighted by Crippen LogP contribution is -2.25. The summed E-state index contributed by atoms with van der Waals surface area (Å²) in [6.07, 6.45) is 1.05. The van der Waals surface area contributed by atoms with Crippen molar-refractivity contribution in [2.75, 3.05) is 17.6 Å². The number of hydrogen-bond acceptors (Lipinski definition) is 4. The number of hydrogen-bond donors (Lipinski definition) is 3. The third-order valence-electron chi connectivity index (χ3n) is 3.55. The molecule has 1 rings (SSSR count). The van der Waals surface area contributed by atoms with E-state index >= 15 is 0 Å². The van der Waals surface area contributed by atoms with Crippen LogP contribution in [-0.2, 0) is 10.0 Å². The summed E-state index contributed by atoms with van der Waals surface area (Å²) in [5.74, 6) is 0.475. The summed E-state index contributed by atoms with van der Waals surface area (Å²) in [4.78, 5) is 0.229. The molecule has 0 aliphatic rings. The molecule has 0 fully saturated rings. The van der Waals surface area contributed by atoms with Gasteiger partial charge in [0, 0.05) is 12.6 Å². The van der Waals surface area contributed by atoms with Gasteiger partial charge in [-0.15, -0.1) is 0 Å². The lowest BCUT2D eigenvalue weighted by Gasteiger charge is -2.22. The van der Waals surface area contributed by atoms with Gasteiger partial charge in [-0.1, -0.05) is 27.2 Å². The van der Waals surface area contributed by atoms with Crippen molar-refractivity contribution in [2.24, 2.45) is 5.92 Å². The van der Waals surface area contributed by atoms with Crippen LogP contribution in [0.1, 0.15) is 34.1 Å². The highest BCUT2D eigenvalue weighted by molar-refractivity contribution is 7.89. The van der Waals surface area contributed by atoms with Crippen molar-refractivity contribution in [3.05, 3.63) is 18.2 Å². The molecule has 0 bridgehead atoms. The van der Waals surface area contributed by atoms with E-state index < -0.39 is 10.0 Å². The van der Waals surface area contributed by atoms with E-state index in [2.05, 4.69) is 30.8 Å². The average molecular weight is 299 g/mol. The predicted octanol–water partition coefficient (Wildman–Crippen LogP) is 2.41. The highest BCUT2D eigenvalue weighted by Gasteiger charge is 2.16. The van der Waals surface area contributed by atoms with Gasteiger partial charge in [0.2, 0.25) is 10.0 Å². The molecule has 20 heavy (non-hydrogen) atoms. The minimum Gasteiger partial charge on any atom is -0.397 e. The standard InChI is InChI=1S/C14H25N3O2S/c1-5-10(3)11(4)17-14-9-12(7-8-13(14)15)20(18,19)16-6-2/h7-11,16-17H,5-6,15H2,1-4H3. The van der Waals surface area contributed by atoms with Gasteiger partial charge in [0.15, 0.2) is 0 Å². The summed E-state index contributed by atoms with van der Waals surface area (Å²) in [5, 5.41) is 3.30. The fourth-order valence-electron chi connectivity index (χ4n) is 1.84. The number of nitrogen functional groups attached to an aromatic ring is 1. The quantitative estimate of drug-likeness (QED) is 0.675. The Morgan fingerprint density at radius 1 is 1.25 bits per heavy atom. The van der Waals surface area contributed by atoms with E-state index in [1.54, 1.807) is 19.1 Å². The normalized spacial score (nSPS) is 14.8.